The molecular formula is C19H13BrO2. The normalized spacial score (nSPS) is 10.2. The Balaban J connectivity index is 1.74. The number of benzene rings is 3. The van der Waals surface area contributed by atoms with Crippen molar-refractivity contribution >= 4 is 21.9 Å². The van der Waals surface area contributed by atoms with Gasteiger partial charge in [0.25, 0.3) is 0 Å². The second-order valence-electron chi connectivity index (χ2n) is 4.79. The molecule has 0 aliphatic heterocycles. The Kier molecular flexibility index (Phi) is 4.35. The Bertz CT molecular complexity index is 763. The number of rotatable bonds is 3. The van der Waals surface area contributed by atoms with Crippen molar-refractivity contribution in [2.45, 2.75) is 0 Å². The number of hydrogen-bond acceptors (Lipinski definition) is 2. The Hall–Kier alpha value is -2.39. The van der Waals surface area contributed by atoms with Crippen molar-refractivity contribution in [1.29, 1.82) is 0 Å². The third-order valence-corrected chi connectivity index (χ3v) is 3.78. The van der Waals surface area contributed by atoms with Crippen LogP contribution in [-0.2, 0) is 0 Å². The fourth-order valence-electron chi connectivity index (χ4n) is 2.10. The molecule has 0 N–H and O–H groups in total. The van der Waals surface area contributed by atoms with Gasteiger partial charge in [-0.25, -0.2) is 4.79 Å². The maximum Gasteiger partial charge on any atom is 0.343 e. The minimum absolute atomic E-state index is 0.350. The molecule has 3 aromatic carbocycles. The molecule has 0 saturated heterocycles. The predicted molar refractivity (Wildman–Crippen MR) is 91.0 cm³/mol. The summed E-state index contributed by atoms with van der Waals surface area (Å²) in [5.74, 6) is 0.187. The van der Waals surface area contributed by atoms with Gasteiger partial charge in [-0.05, 0) is 47.5 Å². The first kappa shape index (κ1) is 14.5. The van der Waals surface area contributed by atoms with Crippen LogP contribution in [0.15, 0.2) is 83.3 Å². The molecule has 0 unspecified atom stereocenters. The standard InChI is InChI=1S/C19H13BrO2/c20-17-10-6-14(7-11-17)15-8-12-18(13-9-15)22-19(21)16-4-2-1-3-5-16/h1-13H. The van der Waals surface area contributed by atoms with Crippen LogP contribution in [0.3, 0.4) is 0 Å². The van der Waals surface area contributed by atoms with Crippen LogP contribution in [0.25, 0.3) is 11.1 Å². The molecule has 0 spiro atoms. The van der Waals surface area contributed by atoms with Crippen LogP contribution in [0, 0.1) is 0 Å². The molecule has 22 heavy (non-hydrogen) atoms. The summed E-state index contributed by atoms with van der Waals surface area (Å²) >= 11 is 3.42. The molecule has 3 rings (SSSR count). The second-order valence-corrected chi connectivity index (χ2v) is 5.70. The van der Waals surface area contributed by atoms with Gasteiger partial charge in [-0.3, -0.25) is 0 Å². The molecule has 108 valence electrons. The van der Waals surface area contributed by atoms with E-state index in [1.165, 1.54) is 0 Å². The number of esters is 1. The summed E-state index contributed by atoms with van der Waals surface area (Å²) in [6, 6.07) is 24.5. The van der Waals surface area contributed by atoms with Gasteiger partial charge in [-0.15, -0.1) is 0 Å². The van der Waals surface area contributed by atoms with Crippen molar-refractivity contribution in [3.05, 3.63) is 88.9 Å². The van der Waals surface area contributed by atoms with Crippen molar-refractivity contribution in [2.24, 2.45) is 0 Å². The van der Waals surface area contributed by atoms with E-state index in [4.69, 9.17) is 4.74 Å². The van der Waals surface area contributed by atoms with Crippen molar-refractivity contribution in [3.8, 4) is 16.9 Å². The van der Waals surface area contributed by atoms with E-state index in [1.54, 1.807) is 24.3 Å². The van der Waals surface area contributed by atoms with E-state index in [0.29, 0.717) is 11.3 Å². The molecule has 0 fully saturated rings. The van der Waals surface area contributed by atoms with Crippen LogP contribution in [0.5, 0.6) is 5.75 Å². The minimum atomic E-state index is -0.350. The summed E-state index contributed by atoms with van der Waals surface area (Å²) in [6.45, 7) is 0. The van der Waals surface area contributed by atoms with Crippen molar-refractivity contribution in [1.82, 2.24) is 0 Å². The molecule has 3 aromatic rings. The summed E-state index contributed by atoms with van der Waals surface area (Å²) in [6.07, 6.45) is 0. The molecule has 0 bridgehead atoms. The van der Waals surface area contributed by atoms with Gasteiger partial charge in [0, 0.05) is 4.47 Å². The number of carbonyl (C=O) groups excluding carboxylic acids is 1. The number of halogens is 1. The summed E-state index contributed by atoms with van der Waals surface area (Å²) in [4.78, 5) is 12.0. The molecule has 0 heterocycles. The topological polar surface area (TPSA) is 26.3 Å². The van der Waals surface area contributed by atoms with Gasteiger partial charge in [0.2, 0.25) is 0 Å². The van der Waals surface area contributed by atoms with E-state index >= 15 is 0 Å². The Labute approximate surface area is 137 Å². The van der Waals surface area contributed by atoms with E-state index in [0.717, 1.165) is 15.6 Å². The smallest absolute Gasteiger partial charge is 0.343 e. The molecule has 3 heteroatoms. The summed E-state index contributed by atoms with van der Waals surface area (Å²) in [7, 11) is 0. The minimum Gasteiger partial charge on any atom is -0.423 e. The largest absolute Gasteiger partial charge is 0.423 e. The van der Waals surface area contributed by atoms with Gasteiger partial charge in [-0.1, -0.05) is 58.4 Å². The van der Waals surface area contributed by atoms with E-state index < -0.39 is 0 Å². The quantitative estimate of drug-likeness (QED) is 0.470. The van der Waals surface area contributed by atoms with Crippen molar-refractivity contribution in [3.63, 3.8) is 0 Å². The van der Waals surface area contributed by atoms with Gasteiger partial charge >= 0.3 is 5.97 Å². The fraction of sp³-hybridized carbons (Fsp3) is 0. The van der Waals surface area contributed by atoms with Gasteiger partial charge in [0.05, 0.1) is 5.56 Å². The van der Waals surface area contributed by atoms with Crippen molar-refractivity contribution < 1.29 is 9.53 Å². The first-order valence-electron chi connectivity index (χ1n) is 6.85. The average molecular weight is 353 g/mol. The van der Waals surface area contributed by atoms with Crippen molar-refractivity contribution in [2.75, 3.05) is 0 Å². The molecule has 0 amide bonds. The summed E-state index contributed by atoms with van der Waals surface area (Å²) in [5, 5.41) is 0. The molecule has 0 aliphatic carbocycles. The monoisotopic (exact) mass is 352 g/mol. The van der Waals surface area contributed by atoms with E-state index in [2.05, 4.69) is 15.9 Å². The maximum absolute atomic E-state index is 12.0. The molecule has 0 saturated carbocycles. The molecule has 0 aliphatic rings. The van der Waals surface area contributed by atoms with Crippen LogP contribution in [0.4, 0.5) is 0 Å². The third-order valence-electron chi connectivity index (χ3n) is 3.25. The Morgan fingerprint density at radius 3 is 1.86 bits per heavy atom. The highest BCUT2D eigenvalue weighted by Gasteiger charge is 2.07. The first-order chi connectivity index (χ1) is 10.7. The molecular weight excluding hydrogens is 340 g/mol. The van der Waals surface area contributed by atoms with Crippen LogP contribution >= 0.6 is 15.9 Å². The fourth-order valence-corrected chi connectivity index (χ4v) is 2.36. The molecule has 0 aromatic heterocycles. The first-order valence-corrected chi connectivity index (χ1v) is 7.65. The lowest BCUT2D eigenvalue weighted by molar-refractivity contribution is 0.0735. The Morgan fingerprint density at radius 1 is 0.727 bits per heavy atom. The zero-order chi connectivity index (χ0) is 15.4. The van der Waals surface area contributed by atoms with E-state index in [9.17, 15) is 4.79 Å². The molecule has 0 atom stereocenters. The summed E-state index contributed by atoms with van der Waals surface area (Å²) < 4.78 is 6.41. The molecule has 0 radical (unpaired) electrons. The highest BCUT2D eigenvalue weighted by Crippen LogP contribution is 2.24. The van der Waals surface area contributed by atoms with Gasteiger partial charge in [0.15, 0.2) is 0 Å². The number of hydrogen-bond donors (Lipinski definition) is 0. The van der Waals surface area contributed by atoms with Crippen LogP contribution in [-0.4, -0.2) is 5.97 Å². The lowest BCUT2D eigenvalue weighted by Gasteiger charge is -2.06. The molecule has 2 nitrogen and oxygen atoms in total. The lowest BCUT2D eigenvalue weighted by Crippen LogP contribution is -2.07. The summed E-state index contributed by atoms with van der Waals surface area (Å²) in [5.41, 5.74) is 2.73. The Morgan fingerprint density at radius 2 is 1.27 bits per heavy atom. The maximum atomic E-state index is 12.0. The van der Waals surface area contributed by atoms with Crippen LogP contribution in [0.2, 0.25) is 0 Å². The van der Waals surface area contributed by atoms with Gasteiger partial charge < -0.3 is 4.74 Å². The third kappa shape index (κ3) is 3.43. The van der Waals surface area contributed by atoms with E-state index in [-0.39, 0.29) is 5.97 Å². The average Bonchev–Trinajstić information content (AvgIpc) is 2.57. The van der Waals surface area contributed by atoms with E-state index in [1.807, 2.05) is 54.6 Å². The zero-order valence-corrected chi connectivity index (χ0v) is 13.3. The zero-order valence-electron chi connectivity index (χ0n) is 11.7. The highest BCUT2D eigenvalue weighted by atomic mass is 79.9. The number of carbonyl (C=O) groups is 1. The number of ether oxygens (including phenoxy) is 1. The lowest BCUT2D eigenvalue weighted by atomic mass is 10.1. The predicted octanol–water partition coefficient (Wildman–Crippen LogP) is 5.34. The highest BCUT2D eigenvalue weighted by molar-refractivity contribution is 9.10. The second kappa shape index (κ2) is 6.58. The van der Waals surface area contributed by atoms with Gasteiger partial charge in [-0.2, -0.15) is 0 Å². The van der Waals surface area contributed by atoms with Crippen LogP contribution < -0.4 is 4.74 Å². The van der Waals surface area contributed by atoms with Crippen LogP contribution in [0.1, 0.15) is 10.4 Å². The SMILES string of the molecule is O=C(Oc1ccc(-c2ccc(Br)cc2)cc1)c1ccccc1. The van der Waals surface area contributed by atoms with Gasteiger partial charge in [0.1, 0.15) is 5.75 Å².